The third kappa shape index (κ3) is 4.42. The first-order valence-corrected chi connectivity index (χ1v) is 9.26. The quantitative estimate of drug-likeness (QED) is 0.768. The smallest absolute Gasteiger partial charge is 0.261 e. The van der Waals surface area contributed by atoms with Gasteiger partial charge in [0, 0.05) is 19.0 Å². The van der Waals surface area contributed by atoms with E-state index in [1.807, 2.05) is 38.1 Å². The monoisotopic (exact) mass is 364 g/mol. The fraction of sp³-hybridized carbons (Fsp3) is 0.318. The molecule has 0 radical (unpaired) electrons. The average Bonchev–Trinajstić information content (AvgIpc) is 2.89. The van der Waals surface area contributed by atoms with Gasteiger partial charge in [0.05, 0.1) is 11.1 Å². The molecule has 1 N–H and O–H groups in total. The van der Waals surface area contributed by atoms with Gasteiger partial charge in [0.15, 0.2) is 0 Å². The molecule has 140 valence electrons. The standard InChI is InChI=1S/C22H24N2O3/c1-15-8-11-18-19(14-15)22(27)24(21(18)26)13-12-20(25)23-16(2)9-10-17-6-4-3-5-7-17/h3-8,11,14,16H,9-10,12-13H2,1-2H3,(H,23,25). The summed E-state index contributed by atoms with van der Waals surface area (Å²) >= 11 is 0. The molecule has 0 saturated heterocycles. The summed E-state index contributed by atoms with van der Waals surface area (Å²) in [5.41, 5.74) is 3.01. The van der Waals surface area contributed by atoms with Gasteiger partial charge < -0.3 is 5.32 Å². The Morgan fingerprint density at radius 3 is 2.48 bits per heavy atom. The van der Waals surface area contributed by atoms with Crippen LogP contribution in [0.5, 0.6) is 0 Å². The number of aryl methyl sites for hydroxylation is 2. The van der Waals surface area contributed by atoms with Crippen LogP contribution >= 0.6 is 0 Å². The van der Waals surface area contributed by atoms with Crippen LogP contribution < -0.4 is 5.32 Å². The normalized spacial score (nSPS) is 14.2. The fourth-order valence-corrected chi connectivity index (χ4v) is 3.27. The highest BCUT2D eigenvalue weighted by Gasteiger charge is 2.35. The second kappa shape index (κ2) is 8.16. The largest absolute Gasteiger partial charge is 0.354 e. The van der Waals surface area contributed by atoms with Gasteiger partial charge in [-0.25, -0.2) is 0 Å². The highest BCUT2D eigenvalue weighted by atomic mass is 16.2. The van der Waals surface area contributed by atoms with Gasteiger partial charge in [-0.2, -0.15) is 0 Å². The molecule has 3 rings (SSSR count). The molecule has 3 amide bonds. The Labute approximate surface area is 159 Å². The van der Waals surface area contributed by atoms with Crippen LogP contribution in [0.1, 0.15) is 51.6 Å². The molecule has 2 aromatic rings. The predicted octanol–water partition coefficient (Wildman–Crippen LogP) is 3.12. The number of imide groups is 1. The van der Waals surface area contributed by atoms with E-state index in [1.165, 1.54) is 10.5 Å². The topological polar surface area (TPSA) is 66.5 Å². The average molecular weight is 364 g/mol. The van der Waals surface area contributed by atoms with Crippen molar-refractivity contribution in [3.63, 3.8) is 0 Å². The Bertz CT molecular complexity index is 861. The lowest BCUT2D eigenvalue weighted by Crippen LogP contribution is -2.37. The molecular weight excluding hydrogens is 340 g/mol. The van der Waals surface area contributed by atoms with E-state index in [9.17, 15) is 14.4 Å². The maximum absolute atomic E-state index is 12.4. The summed E-state index contributed by atoms with van der Waals surface area (Å²) in [5, 5.41) is 2.95. The van der Waals surface area contributed by atoms with Crippen LogP contribution in [0.4, 0.5) is 0 Å². The van der Waals surface area contributed by atoms with Gasteiger partial charge in [-0.15, -0.1) is 0 Å². The van der Waals surface area contributed by atoms with E-state index in [-0.39, 0.29) is 36.7 Å². The lowest BCUT2D eigenvalue weighted by molar-refractivity contribution is -0.121. The summed E-state index contributed by atoms with van der Waals surface area (Å²) in [5.74, 6) is -0.785. The van der Waals surface area contributed by atoms with Crippen molar-refractivity contribution in [2.45, 2.75) is 39.2 Å². The zero-order valence-electron chi connectivity index (χ0n) is 15.7. The molecule has 0 spiro atoms. The van der Waals surface area contributed by atoms with Crippen LogP contribution in [-0.4, -0.2) is 35.2 Å². The van der Waals surface area contributed by atoms with Crippen molar-refractivity contribution in [3.8, 4) is 0 Å². The number of amides is 3. The third-order valence-electron chi connectivity index (χ3n) is 4.80. The first kappa shape index (κ1) is 18.8. The lowest BCUT2D eigenvalue weighted by Gasteiger charge is -2.16. The number of benzene rings is 2. The first-order valence-electron chi connectivity index (χ1n) is 9.26. The SMILES string of the molecule is Cc1ccc2c(c1)C(=O)N(CCC(=O)NC(C)CCc1ccccc1)C2=O. The number of hydrogen-bond donors (Lipinski definition) is 1. The molecule has 0 aromatic heterocycles. The number of carbonyl (C=O) groups is 3. The van der Waals surface area contributed by atoms with E-state index >= 15 is 0 Å². The Morgan fingerprint density at radius 2 is 1.74 bits per heavy atom. The Morgan fingerprint density at radius 1 is 1.04 bits per heavy atom. The number of carbonyl (C=O) groups excluding carboxylic acids is 3. The number of hydrogen-bond acceptors (Lipinski definition) is 3. The minimum atomic E-state index is -0.320. The molecule has 2 aromatic carbocycles. The van der Waals surface area contributed by atoms with Crippen molar-refractivity contribution < 1.29 is 14.4 Å². The summed E-state index contributed by atoms with van der Waals surface area (Å²) in [7, 11) is 0. The number of nitrogens with one attached hydrogen (secondary N) is 1. The van der Waals surface area contributed by atoms with Crippen LogP contribution in [-0.2, 0) is 11.2 Å². The predicted molar refractivity (Wildman–Crippen MR) is 104 cm³/mol. The molecule has 1 unspecified atom stereocenters. The second-order valence-electron chi connectivity index (χ2n) is 7.05. The van der Waals surface area contributed by atoms with E-state index in [0.29, 0.717) is 11.1 Å². The van der Waals surface area contributed by atoms with Gasteiger partial charge in [0.2, 0.25) is 5.91 Å². The van der Waals surface area contributed by atoms with Gasteiger partial charge in [0.1, 0.15) is 0 Å². The zero-order chi connectivity index (χ0) is 19.4. The molecule has 1 atom stereocenters. The molecule has 27 heavy (non-hydrogen) atoms. The highest BCUT2D eigenvalue weighted by molar-refractivity contribution is 6.21. The summed E-state index contributed by atoms with van der Waals surface area (Å²) in [4.78, 5) is 38.2. The van der Waals surface area contributed by atoms with Gasteiger partial charge in [-0.1, -0.05) is 42.0 Å². The van der Waals surface area contributed by atoms with E-state index in [1.54, 1.807) is 12.1 Å². The second-order valence-corrected chi connectivity index (χ2v) is 7.05. The van der Waals surface area contributed by atoms with Gasteiger partial charge in [-0.05, 0) is 44.4 Å². The van der Waals surface area contributed by atoms with E-state index in [0.717, 1.165) is 18.4 Å². The Kier molecular flexibility index (Phi) is 5.69. The number of fused-ring (bicyclic) bond motifs is 1. The van der Waals surface area contributed by atoms with Crippen LogP contribution in [0.3, 0.4) is 0 Å². The Hall–Kier alpha value is -2.95. The van der Waals surface area contributed by atoms with Crippen molar-refractivity contribution in [2.24, 2.45) is 0 Å². The van der Waals surface area contributed by atoms with E-state index in [2.05, 4.69) is 17.4 Å². The molecule has 5 heteroatoms. The van der Waals surface area contributed by atoms with E-state index in [4.69, 9.17) is 0 Å². The molecule has 5 nitrogen and oxygen atoms in total. The van der Waals surface area contributed by atoms with Crippen molar-refractivity contribution in [1.29, 1.82) is 0 Å². The van der Waals surface area contributed by atoms with Crippen LogP contribution in [0.25, 0.3) is 0 Å². The number of rotatable bonds is 7. The molecular formula is C22H24N2O3. The fourth-order valence-electron chi connectivity index (χ4n) is 3.27. The summed E-state index contributed by atoms with van der Waals surface area (Å²) in [6, 6.07) is 15.4. The van der Waals surface area contributed by atoms with Crippen LogP contribution in [0, 0.1) is 6.92 Å². The minimum absolute atomic E-state index is 0.0301. The lowest BCUT2D eigenvalue weighted by atomic mass is 10.1. The van der Waals surface area contributed by atoms with Crippen LogP contribution in [0.2, 0.25) is 0 Å². The van der Waals surface area contributed by atoms with Crippen LogP contribution in [0.15, 0.2) is 48.5 Å². The van der Waals surface area contributed by atoms with Gasteiger partial charge in [0.25, 0.3) is 11.8 Å². The zero-order valence-corrected chi connectivity index (χ0v) is 15.7. The summed E-state index contributed by atoms with van der Waals surface area (Å²) in [6.45, 7) is 3.94. The van der Waals surface area contributed by atoms with Crippen molar-refractivity contribution in [1.82, 2.24) is 10.2 Å². The van der Waals surface area contributed by atoms with Crippen molar-refractivity contribution in [2.75, 3.05) is 6.54 Å². The number of nitrogens with zero attached hydrogens (tertiary/aromatic N) is 1. The molecule has 0 aliphatic carbocycles. The molecule has 0 saturated carbocycles. The van der Waals surface area contributed by atoms with E-state index < -0.39 is 0 Å². The molecule has 1 aliphatic rings. The van der Waals surface area contributed by atoms with Gasteiger partial charge in [-0.3, -0.25) is 19.3 Å². The first-order chi connectivity index (χ1) is 13.0. The molecule has 1 heterocycles. The summed E-state index contributed by atoms with van der Waals surface area (Å²) < 4.78 is 0. The maximum atomic E-state index is 12.4. The van der Waals surface area contributed by atoms with Crippen molar-refractivity contribution >= 4 is 17.7 Å². The molecule has 0 bridgehead atoms. The summed E-state index contributed by atoms with van der Waals surface area (Å²) in [6.07, 6.45) is 1.84. The van der Waals surface area contributed by atoms with Crippen molar-refractivity contribution in [3.05, 3.63) is 70.8 Å². The maximum Gasteiger partial charge on any atom is 0.261 e. The van der Waals surface area contributed by atoms with Gasteiger partial charge >= 0.3 is 0 Å². The highest BCUT2D eigenvalue weighted by Crippen LogP contribution is 2.23. The Balaban J connectivity index is 1.48. The third-order valence-corrected chi connectivity index (χ3v) is 4.80. The molecule has 1 aliphatic heterocycles. The molecule has 0 fully saturated rings. The minimum Gasteiger partial charge on any atom is -0.354 e.